The van der Waals surface area contributed by atoms with Gasteiger partial charge in [-0.3, -0.25) is 0 Å². The first-order valence-corrected chi connectivity index (χ1v) is 22.8. The third kappa shape index (κ3) is 31.2. The van der Waals surface area contributed by atoms with Crippen molar-refractivity contribution in [2.45, 2.75) is 271 Å². The van der Waals surface area contributed by atoms with E-state index in [9.17, 15) is 0 Å². The van der Waals surface area contributed by atoms with Gasteiger partial charge in [0.1, 0.15) is 6.54 Å². The number of pyridine rings is 1. The third-order valence-electron chi connectivity index (χ3n) is 10.9. The van der Waals surface area contributed by atoms with Gasteiger partial charge in [-0.2, -0.15) is 0 Å². The first kappa shape index (κ1) is 45.2. The van der Waals surface area contributed by atoms with E-state index in [1.54, 1.807) is 11.1 Å². The zero-order valence-electron chi connectivity index (χ0n) is 33.8. The summed E-state index contributed by atoms with van der Waals surface area (Å²) in [6.45, 7) is 8.13. The summed E-state index contributed by atoms with van der Waals surface area (Å²) in [5.41, 5.74) is 3.19. The summed E-state index contributed by atoms with van der Waals surface area (Å²) in [7, 11) is 0. The summed E-state index contributed by atoms with van der Waals surface area (Å²) in [6.07, 6.45) is 59.4. The minimum absolute atomic E-state index is 1.19. The molecule has 0 bridgehead atoms. The second-order valence-electron chi connectivity index (χ2n) is 16.0. The lowest BCUT2D eigenvalue weighted by molar-refractivity contribution is -0.698. The van der Waals surface area contributed by atoms with Crippen LogP contribution in [0, 0.1) is 0 Å². The van der Waals surface area contributed by atoms with Crippen LogP contribution in [0.5, 0.6) is 0 Å². The highest BCUT2D eigenvalue weighted by molar-refractivity contribution is 5.15. The van der Waals surface area contributed by atoms with Crippen LogP contribution in [0.15, 0.2) is 18.5 Å². The Labute approximate surface area is 304 Å². The molecule has 0 saturated carbocycles. The van der Waals surface area contributed by atoms with Gasteiger partial charge in [0.25, 0.3) is 0 Å². The summed E-state index contributed by atoms with van der Waals surface area (Å²) in [6, 6.07) is 2.56. The third-order valence-corrected chi connectivity index (χ3v) is 10.9. The van der Waals surface area contributed by atoms with Crippen LogP contribution in [0.25, 0.3) is 0 Å². The largest absolute Gasteiger partial charge is 0.205 e. The zero-order valence-corrected chi connectivity index (χ0v) is 33.8. The van der Waals surface area contributed by atoms with Crippen LogP contribution in [0.1, 0.15) is 263 Å². The molecule has 0 aliphatic rings. The Morgan fingerprint density at radius 2 is 0.521 bits per heavy atom. The highest BCUT2D eigenvalue weighted by atomic mass is 14.9. The van der Waals surface area contributed by atoms with E-state index in [1.165, 1.54) is 251 Å². The molecular weight excluding hydrogens is 579 g/mol. The van der Waals surface area contributed by atoms with Crippen molar-refractivity contribution in [1.82, 2.24) is 0 Å². The average molecular weight is 669 g/mol. The van der Waals surface area contributed by atoms with Crippen LogP contribution in [-0.2, 0) is 19.4 Å². The fourth-order valence-corrected chi connectivity index (χ4v) is 7.63. The van der Waals surface area contributed by atoms with Crippen molar-refractivity contribution in [2.75, 3.05) is 0 Å². The van der Waals surface area contributed by atoms with Crippen molar-refractivity contribution in [3.63, 3.8) is 0 Å². The van der Waals surface area contributed by atoms with Crippen molar-refractivity contribution in [1.29, 1.82) is 0 Å². The predicted molar refractivity (Wildman–Crippen MR) is 217 cm³/mol. The maximum atomic E-state index is 2.56. The van der Waals surface area contributed by atoms with E-state index in [-0.39, 0.29) is 0 Å². The van der Waals surface area contributed by atoms with E-state index >= 15 is 0 Å². The van der Waals surface area contributed by atoms with Gasteiger partial charge in [-0.05, 0) is 31.7 Å². The molecule has 1 heteroatoms. The summed E-state index contributed by atoms with van der Waals surface area (Å²) in [5, 5.41) is 0. The Hall–Kier alpha value is -0.850. The van der Waals surface area contributed by atoms with Gasteiger partial charge in [0.05, 0.1) is 0 Å². The van der Waals surface area contributed by atoms with Gasteiger partial charge in [-0.25, -0.2) is 4.57 Å². The Balaban J connectivity index is 2.04. The van der Waals surface area contributed by atoms with Crippen molar-refractivity contribution >= 4 is 0 Å². The number of aryl methyl sites for hydroxylation is 3. The fourth-order valence-electron chi connectivity index (χ4n) is 7.63. The average Bonchev–Trinajstić information content (AvgIpc) is 3.10. The van der Waals surface area contributed by atoms with Gasteiger partial charge in [0.2, 0.25) is 0 Å². The molecule has 0 spiro atoms. The van der Waals surface area contributed by atoms with Gasteiger partial charge < -0.3 is 0 Å². The molecule has 0 aliphatic heterocycles. The van der Waals surface area contributed by atoms with E-state index < -0.39 is 0 Å². The van der Waals surface area contributed by atoms with Crippen LogP contribution in [-0.4, -0.2) is 0 Å². The number of hydrogen-bond acceptors (Lipinski definition) is 0. The molecule has 0 N–H and O–H groups in total. The fraction of sp³-hybridized carbons (Fsp3) is 0.894. The molecule has 282 valence electrons. The molecule has 0 atom stereocenters. The number of aromatic nitrogens is 1. The molecule has 1 heterocycles. The van der Waals surface area contributed by atoms with Gasteiger partial charge in [-0.1, -0.05) is 233 Å². The molecule has 1 rings (SSSR count). The standard InChI is InChI=1S/C47H90N/c1-4-7-10-12-14-16-18-20-22-24-26-28-30-32-34-36-38-40-46-43-47(45-48(44-46)42-9-6-3)41-39-37-35-33-31-29-27-25-23-21-19-17-15-13-11-8-5-2/h43-45H,4-42H2,1-3H3/q+1. The molecule has 0 amide bonds. The number of nitrogens with zero attached hydrogens (tertiary/aromatic N) is 1. The molecule has 1 nitrogen and oxygen atoms in total. The molecular formula is C47H90N+. The SMILES string of the molecule is CCCCCCCCCCCCCCCCCCCc1cc(CCCCCCCCCCCCCCCCCCC)c[n+](CCCC)c1. The summed E-state index contributed by atoms with van der Waals surface area (Å²) in [4.78, 5) is 0. The molecule has 0 aromatic carbocycles. The van der Waals surface area contributed by atoms with E-state index in [0.29, 0.717) is 0 Å². The van der Waals surface area contributed by atoms with Crippen molar-refractivity contribution in [3.8, 4) is 0 Å². The van der Waals surface area contributed by atoms with Crippen molar-refractivity contribution in [2.24, 2.45) is 0 Å². The molecule has 0 radical (unpaired) electrons. The zero-order chi connectivity index (χ0) is 34.4. The van der Waals surface area contributed by atoms with Gasteiger partial charge in [-0.15, -0.1) is 0 Å². The lowest BCUT2D eigenvalue weighted by atomic mass is 10.0. The predicted octanol–water partition coefficient (Wildman–Crippen LogP) is 16.2. The van der Waals surface area contributed by atoms with Crippen LogP contribution in [0.4, 0.5) is 0 Å². The maximum Gasteiger partial charge on any atom is 0.171 e. The normalized spacial score (nSPS) is 11.6. The number of rotatable bonds is 39. The molecule has 1 aromatic rings. The Morgan fingerprint density at radius 1 is 0.292 bits per heavy atom. The minimum atomic E-state index is 1.19. The lowest BCUT2D eigenvalue weighted by Crippen LogP contribution is -2.34. The second kappa shape index (κ2) is 37.4. The van der Waals surface area contributed by atoms with Crippen molar-refractivity contribution < 1.29 is 4.57 Å². The summed E-state index contributed by atoms with van der Waals surface area (Å²) < 4.78 is 2.52. The maximum absolute atomic E-state index is 2.56. The smallest absolute Gasteiger partial charge is 0.171 e. The Bertz CT molecular complexity index is 697. The van der Waals surface area contributed by atoms with E-state index in [0.717, 1.165) is 0 Å². The van der Waals surface area contributed by atoms with E-state index in [4.69, 9.17) is 0 Å². The highest BCUT2D eigenvalue weighted by Crippen LogP contribution is 2.17. The lowest BCUT2D eigenvalue weighted by Gasteiger charge is -2.07. The van der Waals surface area contributed by atoms with Crippen LogP contribution < -0.4 is 4.57 Å². The second-order valence-corrected chi connectivity index (χ2v) is 16.0. The number of unbranched alkanes of at least 4 members (excludes halogenated alkanes) is 33. The van der Waals surface area contributed by atoms with E-state index in [2.05, 4.69) is 43.8 Å². The van der Waals surface area contributed by atoms with E-state index in [1.807, 2.05) is 0 Å². The first-order valence-electron chi connectivity index (χ1n) is 22.8. The summed E-state index contributed by atoms with van der Waals surface area (Å²) in [5.74, 6) is 0. The molecule has 0 fully saturated rings. The number of hydrogen-bond donors (Lipinski definition) is 0. The Morgan fingerprint density at radius 3 is 0.771 bits per heavy atom. The summed E-state index contributed by atoms with van der Waals surface area (Å²) >= 11 is 0. The highest BCUT2D eigenvalue weighted by Gasteiger charge is 2.08. The van der Waals surface area contributed by atoms with Crippen LogP contribution in [0.2, 0.25) is 0 Å². The van der Waals surface area contributed by atoms with Crippen LogP contribution >= 0.6 is 0 Å². The molecule has 0 saturated heterocycles. The Kier molecular flexibility index (Phi) is 35.2. The minimum Gasteiger partial charge on any atom is -0.205 e. The van der Waals surface area contributed by atoms with Gasteiger partial charge in [0.15, 0.2) is 12.4 Å². The molecule has 0 unspecified atom stereocenters. The van der Waals surface area contributed by atoms with Gasteiger partial charge >= 0.3 is 0 Å². The topological polar surface area (TPSA) is 3.88 Å². The first-order chi connectivity index (χ1) is 23.8. The molecule has 48 heavy (non-hydrogen) atoms. The van der Waals surface area contributed by atoms with Gasteiger partial charge in [0, 0.05) is 17.5 Å². The van der Waals surface area contributed by atoms with Crippen molar-refractivity contribution in [3.05, 3.63) is 29.6 Å². The quantitative estimate of drug-likeness (QED) is 0.0485. The molecule has 1 aromatic heterocycles. The monoisotopic (exact) mass is 669 g/mol. The molecule has 0 aliphatic carbocycles. The van der Waals surface area contributed by atoms with Crippen LogP contribution in [0.3, 0.4) is 0 Å².